The number of fused-ring (bicyclic) bond motifs is 1. The van der Waals surface area contributed by atoms with E-state index >= 15 is 0 Å². The average molecular weight is 302 g/mol. The molecule has 1 N–H and O–H groups in total. The first-order valence-electron chi connectivity index (χ1n) is 6.20. The molecule has 0 atom stereocenters. The zero-order chi connectivity index (χ0) is 15.1. The minimum atomic E-state index is -0.496. The van der Waals surface area contributed by atoms with Crippen LogP contribution in [0.3, 0.4) is 0 Å². The van der Waals surface area contributed by atoms with Crippen molar-refractivity contribution in [3.8, 4) is 11.3 Å². The summed E-state index contributed by atoms with van der Waals surface area (Å²) >= 11 is 5.91. The lowest BCUT2D eigenvalue weighted by Gasteiger charge is -2.06. The molecule has 1 aromatic carbocycles. The van der Waals surface area contributed by atoms with E-state index in [-0.39, 0.29) is 17.8 Å². The molecule has 0 bridgehead atoms. The maximum Gasteiger partial charge on any atom is 0.156 e. The van der Waals surface area contributed by atoms with Crippen LogP contribution in [0.25, 0.3) is 16.9 Å². The molecule has 2 heterocycles. The van der Waals surface area contributed by atoms with Crippen molar-refractivity contribution in [3.63, 3.8) is 0 Å². The molecule has 0 aliphatic heterocycles. The minimum Gasteiger partial charge on any atom is -0.390 e. The molecule has 0 unspecified atom stereocenters. The monoisotopic (exact) mass is 301 g/mol. The zero-order valence-electron chi connectivity index (χ0n) is 11.1. The molecule has 3 aromatic rings. The van der Waals surface area contributed by atoms with Crippen LogP contribution in [0.2, 0.25) is 5.02 Å². The summed E-state index contributed by atoms with van der Waals surface area (Å²) in [6.07, 6.45) is 3.01. The molecule has 4 nitrogen and oxygen atoms in total. The summed E-state index contributed by atoms with van der Waals surface area (Å²) < 4.78 is 15.8. The quantitative estimate of drug-likeness (QED) is 0.734. The van der Waals surface area contributed by atoms with Crippen molar-refractivity contribution in [2.24, 2.45) is 0 Å². The number of hydrogen-bond donors (Lipinski definition) is 1. The highest BCUT2D eigenvalue weighted by molar-refractivity contribution is 6.31. The fourth-order valence-corrected chi connectivity index (χ4v) is 2.37. The van der Waals surface area contributed by atoms with Gasteiger partial charge >= 0.3 is 0 Å². The van der Waals surface area contributed by atoms with Crippen LogP contribution in [0.4, 0.5) is 4.39 Å². The van der Waals surface area contributed by atoms with Gasteiger partial charge in [0.2, 0.25) is 0 Å². The summed E-state index contributed by atoms with van der Waals surface area (Å²) in [5, 5.41) is 9.95. The lowest BCUT2D eigenvalue weighted by Crippen LogP contribution is -2.10. The van der Waals surface area contributed by atoms with E-state index in [1.54, 1.807) is 17.4 Å². The Morgan fingerprint density at radius 3 is 2.90 bits per heavy atom. The van der Waals surface area contributed by atoms with Gasteiger partial charge in [0.05, 0.1) is 24.2 Å². The number of hydrogen-bond acceptors (Lipinski definition) is 3. The highest BCUT2D eigenvalue weighted by atomic mass is 35.5. The SMILES string of the molecule is [B]c1cn2c(CO)c(-c3cc(C)c(Cl)cc3F)nc2cn1. The largest absolute Gasteiger partial charge is 0.390 e. The average Bonchev–Trinajstić information content (AvgIpc) is 2.80. The van der Waals surface area contributed by atoms with Gasteiger partial charge in [0, 0.05) is 22.4 Å². The molecule has 0 fully saturated rings. The van der Waals surface area contributed by atoms with Crippen LogP contribution >= 0.6 is 11.6 Å². The highest BCUT2D eigenvalue weighted by Crippen LogP contribution is 2.30. The third kappa shape index (κ3) is 2.30. The van der Waals surface area contributed by atoms with Crippen LogP contribution in [0.5, 0.6) is 0 Å². The van der Waals surface area contributed by atoms with Gasteiger partial charge in [-0.25, -0.2) is 9.37 Å². The Hall–Kier alpha value is -1.92. The van der Waals surface area contributed by atoms with Gasteiger partial charge < -0.3 is 5.11 Å². The van der Waals surface area contributed by atoms with Gasteiger partial charge in [-0.1, -0.05) is 11.6 Å². The lowest BCUT2D eigenvalue weighted by molar-refractivity contribution is 0.276. The maximum absolute atomic E-state index is 14.2. The number of imidazole rings is 1. The van der Waals surface area contributed by atoms with E-state index in [9.17, 15) is 9.50 Å². The molecule has 7 heteroatoms. The molecule has 3 rings (SSSR count). The van der Waals surface area contributed by atoms with Crippen molar-refractivity contribution in [2.45, 2.75) is 13.5 Å². The fourth-order valence-electron chi connectivity index (χ4n) is 2.22. The van der Waals surface area contributed by atoms with E-state index in [0.29, 0.717) is 22.1 Å². The summed E-state index contributed by atoms with van der Waals surface area (Å²) in [6, 6.07) is 2.85. The molecular weight excluding hydrogens is 291 g/mol. The second-order valence-electron chi connectivity index (χ2n) is 4.69. The number of aliphatic hydroxyl groups excluding tert-OH is 1. The number of benzene rings is 1. The number of halogens is 2. The van der Waals surface area contributed by atoms with Crippen LogP contribution < -0.4 is 5.59 Å². The fraction of sp³-hybridized carbons (Fsp3) is 0.143. The van der Waals surface area contributed by atoms with Gasteiger partial charge in [0.25, 0.3) is 0 Å². The van der Waals surface area contributed by atoms with Gasteiger partial charge in [0.15, 0.2) is 5.65 Å². The number of aryl methyl sites for hydroxylation is 1. The van der Waals surface area contributed by atoms with Crippen molar-refractivity contribution in [1.82, 2.24) is 14.4 Å². The Morgan fingerprint density at radius 1 is 1.43 bits per heavy atom. The summed E-state index contributed by atoms with van der Waals surface area (Å²) in [6.45, 7) is 1.47. The summed E-state index contributed by atoms with van der Waals surface area (Å²) in [5.41, 5.74) is 2.57. The van der Waals surface area contributed by atoms with Gasteiger partial charge in [-0.05, 0) is 24.6 Å². The van der Waals surface area contributed by atoms with Gasteiger partial charge in [0.1, 0.15) is 13.7 Å². The van der Waals surface area contributed by atoms with Crippen molar-refractivity contribution in [3.05, 3.63) is 46.6 Å². The Morgan fingerprint density at radius 2 is 2.19 bits per heavy atom. The minimum absolute atomic E-state index is 0.281. The first kappa shape index (κ1) is 14.0. The summed E-state index contributed by atoms with van der Waals surface area (Å²) in [7, 11) is 5.64. The van der Waals surface area contributed by atoms with E-state index in [1.807, 2.05) is 0 Å². The van der Waals surface area contributed by atoms with E-state index in [2.05, 4.69) is 9.97 Å². The molecule has 104 valence electrons. The normalized spacial score (nSPS) is 11.2. The second kappa shape index (κ2) is 5.13. The van der Waals surface area contributed by atoms with Crippen molar-refractivity contribution in [2.75, 3.05) is 0 Å². The van der Waals surface area contributed by atoms with Gasteiger partial charge in [-0.15, -0.1) is 0 Å². The molecule has 0 saturated carbocycles. The first-order chi connectivity index (χ1) is 10.0. The number of nitrogens with zero attached hydrogens (tertiary/aromatic N) is 3. The topological polar surface area (TPSA) is 50.4 Å². The molecule has 0 amide bonds. The van der Waals surface area contributed by atoms with E-state index < -0.39 is 5.82 Å². The third-order valence-electron chi connectivity index (χ3n) is 3.28. The van der Waals surface area contributed by atoms with E-state index in [1.165, 1.54) is 18.5 Å². The Kier molecular flexibility index (Phi) is 3.43. The maximum atomic E-state index is 14.2. The van der Waals surface area contributed by atoms with Crippen LogP contribution in [-0.2, 0) is 6.61 Å². The molecule has 0 aliphatic rings. The molecule has 2 radical (unpaired) electrons. The smallest absolute Gasteiger partial charge is 0.156 e. The lowest BCUT2D eigenvalue weighted by atomic mass is 10.1. The predicted octanol–water partition coefficient (Wildman–Crippen LogP) is 1.78. The first-order valence-corrected chi connectivity index (χ1v) is 6.58. The summed E-state index contributed by atoms with van der Waals surface area (Å²) in [4.78, 5) is 8.27. The number of aromatic nitrogens is 3. The van der Waals surface area contributed by atoms with Crippen LogP contribution in [0.15, 0.2) is 24.5 Å². The van der Waals surface area contributed by atoms with Crippen LogP contribution in [0, 0.1) is 12.7 Å². The van der Waals surface area contributed by atoms with Crippen molar-refractivity contribution in [1.29, 1.82) is 0 Å². The third-order valence-corrected chi connectivity index (χ3v) is 3.69. The number of rotatable bonds is 2. The van der Waals surface area contributed by atoms with E-state index in [0.717, 1.165) is 5.56 Å². The predicted molar refractivity (Wildman–Crippen MR) is 79.4 cm³/mol. The van der Waals surface area contributed by atoms with Crippen molar-refractivity contribution < 1.29 is 9.50 Å². The highest BCUT2D eigenvalue weighted by Gasteiger charge is 2.18. The molecule has 0 spiro atoms. The second-order valence-corrected chi connectivity index (χ2v) is 5.09. The molecule has 2 aromatic heterocycles. The van der Waals surface area contributed by atoms with Gasteiger partial charge in [-0.3, -0.25) is 9.38 Å². The van der Waals surface area contributed by atoms with Crippen LogP contribution in [0.1, 0.15) is 11.3 Å². The molecule has 0 aliphatic carbocycles. The van der Waals surface area contributed by atoms with Crippen LogP contribution in [-0.4, -0.2) is 27.3 Å². The standard InChI is InChI=1S/C14H10BClFN3O/c1-7-2-8(10(17)3-9(7)16)14-11(6-21)20-5-12(15)18-4-13(20)19-14/h2-5,21H,6H2,1H3. The molecular formula is C14H10BClFN3O. The molecule has 0 saturated heterocycles. The Labute approximate surface area is 126 Å². The summed E-state index contributed by atoms with van der Waals surface area (Å²) in [5.74, 6) is -0.496. The Bertz CT molecular complexity index is 850. The number of aliphatic hydroxyl groups is 1. The van der Waals surface area contributed by atoms with Gasteiger partial charge in [-0.2, -0.15) is 0 Å². The molecule has 21 heavy (non-hydrogen) atoms. The zero-order valence-corrected chi connectivity index (χ0v) is 11.9. The Balaban J connectivity index is 2.32. The van der Waals surface area contributed by atoms with Crippen molar-refractivity contribution >= 4 is 30.7 Å². The van der Waals surface area contributed by atoms with E-state index in [4.69, 9.17) is 19.4 Å².